The molecule has 29 heavy (non-hydrogen) atoms. The second-order valence-electron chi connectivity index (χ2n) is 8.37. The van der Waals surface area contributed by atoms with Gasteiger partial charge in [-0.3, -0.25) is 9.59 Å². The first kappa shape index (κ1) is 21.3. The Kier molecular flexibility index (Phi) is 6.30. The third kappa shape index (κ3) is 3.65. The predicted molar refractivity (Wildman–Crippen MR) is 111 cm³/mol. The van der Waals surface area contributed by atoms with Crippen LogP contribution in [0.3, 0.4) is 0 Å². The average Bonchev–Trinajstić information content (AvgIpc) is 2.73. The van der Waals surface area contributed by atoms with Crippen LogP contribution in [0.4, 0.5) is 0 Å². The number of ether oxygens (including phenoxy) is 1. The van der Waals surface area contributed by atoms with Gasteiger partial charge in [0.25, 0.3) is 5.91 Å². The molecule has 3 atom stereocenters. The molecule has 0 saturated heterocycles. The van der Waals surface area contributed by atoms with E-state index in [-0.39, 0.29) is 17.9 Å². The van der Waals surface area contributed by atoms with Crippen molar-refractivity contribution in [3.8, 4) is 0 Å². The fourth-order valence-electron chi connectivity index (χ4n) is 5.14. The van der Waals surface area contributed by atoms with Gasteiger partial charge in [-0.05, 0) is 44.7 Å². The predicted octanol–water partition coefficient (Wildman–Crippen LogP) is 3.41. The summed E-state index contributed by atoms with van der Waals surface area (Å²) < 4.78 is 4.78. The lowest BCUT2D eigenvalue weighted by Gasteiger charge is -2.55. The molecule has 3 rings (SSSR count). The van der Waals surface area contributed by atoms with E-state index in [0.29, 0.717) is 5.56 Å². The van der Waals surface area contributed by atoms with E-state index in [4.69, 9.17) is 4.74 Å². The molecule has 1 aromatic rings. The quantitative estimate of drug-likeness (QED) is 0.769. The van der Waals surface area contributed by atoms with Crippen molar-refractivity contribution in [2.45, 2.75) is 82.8 Å². The average molecular weight is 401 g/mol. The van der Waals surface area contributed by atoms with Gasteiger partial charge in [-0.25, -0.2) is 4.79 Å². The molecule has 1 N–H and O–H groups in total. The van der Waals surface area contributed by atoms with E-state index in [1.807, 2.05) is 29.2 Å². The molecule has 1 saturated carbocycles. The lowest BCUT2D eigenvalue weighted by molar-refractivity contribution is -0.145. The van der Waals surface area contributed by atoms with Crippen LogP contribution in [-0.4, -0.2) is 47.4 Å². The molecule has 6 heteroatoms. The lowest BCUT2D eigenvalue weighted by Crippen LogP contribution is -2.65. The van der Waals surface area contributed by atoms with Gasteiger partial charge >= 0.3 is 5.97 Å². The van der Waals surface area contributed by atoms with Gasteiger partial charge in [-0.1, -0.05) is 44.4 Å². The number of benzene rings is 1. The minimum Gasteiger partial charge on any atom is -0.467 e. The topological polar surface area (TPSA) is 75.7 Å². The first-order valence-electron chi connectivity index (χ1n) is 10.7. The van der Waals surface area contributed by atoms with Crippen LogP contribution < -0.4 is 5.32 Å². The number of esters is 1. The van der Waals surface area contributed by atoms with E-state index in [9.17, 15) is 14.4 Å². The third-order valence-electron chi connectivity index (χ3n) is 6.66. The Morgan fingerprint density at radius 1 is 1.21 bits per heavy atom. The van der Waals surface area contributed by atoms with E-state index in [1.165, 1.54) is 7.11 Å². The monoisotopic (exact) mass is 400 g/mol. The zero-order chi connectivity index (χ0) is 21.2. The van der Waals surface area contributed by atoms with Crippen molar-refractivity contribution in [1.82, 2.24) is 10.2 Å². The van der Waals surface area contributed by atoms with Crippen molar-refractivity contribution in [3.63, 3.8) is 0 Å². The fraction of sp³-hybridized carbons (Fsp3) is 0.609. The molecule has 0 bridgehead atoms. The van der Waals surface area contributed by atoms with Gasteiger partial charge in [0, 0.05) is 11.6 Å². The van der Waals surface area contributed by atoms with E-state index in [0.717, 1.165) is 44.1 Å². The van der Waals surface area contributed by atoms with Crippen LogP contribution in [0.5, 0.6) is 0 Å². The molecule has 158 valence electrons. The Bertz CT molecular complexity index is 785. The Morgan fingerprint density at radius 2 is 1.86 bits per heavy atom. The zero-order valence-corrected chi connectivity index (χ0v) is 17.9. The van der Waals surface area contributed by atoms with Crippen LogP contribution in [0.15, 0.2) is 24.3 Å². The number of hydrogen-bond donors (Lipinski definition) is 1. The Hall–Kier alpha value is -2.37. The lowest BCUT2D eigenvalue weighted by atomic mass is 9.64. The van der Waals surface area contributed by atoms with Crippen LogP contribution in [0, 0.1) is 0 Å². The van der Waals surface area contributed by atoms with Gasteiger partial charge in [0.1, 0.15) is 6.04 Å². The van der Waals surface area contributed by atoms with E-state index < -0.39 is 23.5 Å². The number of amides is 2. The number of carbonyl (C=O) groups excluding carboxylic acids is 3. The number of fused-ring (bicyclic) bond motifs is 1. The summed E-state index contributed by atoms with van der Waals surface area (Å²) in [7, 11) is 1.31. The summed E-state index contributed by atoms with van der Waals surface area (Å²) in [6.45, 7) is 5.77. The first-order chi connectivity index (χ1) is 13.9. The number of hydrogen-bond acceptors (Lipinski definition) is 4. The molecule has 1 aliphatic heterocycles. The number of carbonyl (C=O) groups is 3. The molecular formula is C23H32N2O4. The fourth-order valence-corrected chi connectivity index (χ4v) is 5.14. The van der Waals surface area contributed by atoms with Gasteiger partial charge in [0.2, 0.25) is 5.91 Å². The van der Waals surface area contributed by atoms with E-state index >= 15 is 0 Å². The highest BCUT2D eigenvalue weighted by molar-refractivity contribution is 6.02. The first-order valence-corrected chi connectivity index (χ1v) is 10.7. The SMILES string of the molecule is CCC(C)N1C(=O)c2ccccc2C(C(=O)N[C@@H](C)C(=O)OC)C12CCCCC2. The zero-order valence-electron chi connectivity index (χ0n) is 17.9. The van der Waals surface area contributed by atoms with Crippen LogP contribution in [0.25, 0.3) is 0 Å². The van der Waals surface area contributed by atoms with Crippen LogP contribution in [0.1, 0.15) is 81.1 Å². The summed E-state index contributed by atoms with van der Waals surface area (Å²) in [6, 6.07) is 6.72. The minimum absolute atomic E-state index is 0.0157. The van der Waals surface area contributed by atoms with Gasteiger partial charge in [0.15, 0.2) is 0 Å². The van der Waals surface area contributed by atoms with Crippen molar-refractivity contribution in [1.29, 1.82) is 0 Å². The molecule has 1 aliphatic carbocycles. The van der Waals surface area contributed by atoms with E-state index in [1.54, 1.807) is 6.92 Å². The highest BCUT2D eigenvalue weighted by Crippen LogP contribution is 2.50. The van der Waals surface area contributed by atoms with Crippen molar-refractivity contribution in [2.24, 2.45) is 0 Å². The highest BCUT2D eigenvalue weighted by atomic mass is 16.5. The number of nitrogens with one attached hydrogen (secondary N) is 1. The smallest absolute Gasteiger partial charge is 0.328 e. The molecule has 6 nitrogen and oxygen atoms in total. The summed E-state index contributed by atoms with van der Waals surface area (Å²) in [5, 5.41) is 2.85. The van der Waals surface area contributed by atoms with Gasteiger partial charge < -0.3 is 15.0 Å². The molecule has 1 aromatic carbocycles. The van der Waals surface area contributed by atoms with Gasteiger partial charge in [-0.2, -0.15) is 0 Å². The summed E-state index contributed by atoms with van der Waals surface area (Å²) in [6.07, 6.45) is 5.49. The molecule has 2 amide bonds. The Morgan fingerprint density at radius 3 is 2.48 bits per heavy atom. The maximum atomic E-state index is 13.6. The molecule has 2 unspecified atom stereocenters. The summed E-state index contributed by atoms with van der Waals surface area (Å²) in [5.74, 6) is -1.17. The summed E-state index contributed by atoms with van der Waals surface area (Å²) in [5.41, 5.74) is 0.808. The molecule has 1 spiro atoms. The minimum atomic E-state index is -0.741. The van der Waals surface area contributed by atoms with Gasteiger partial charge in [0.05, 0.1) is 18.6 Å². The van der Waals surface area contributed by atoms with Crippen molar-refractivity contribution >= 4 is 17.8 Å². The standard InChI is InChI=1S/C23H32N2O4/c1-5-15(2)25-21(27)18-12-8-7-11-17(18)19(23(25)13-9-6-10-14-23)20(26)24-16(3)22(28)29-4/h7-8,11-12,15-16,19H,5-6,9-10,13-14H2,1-4H3,(H,24,26)/t15?,16-,19?/m0/s1. The Balaban J connectivity index is 2.13. The molecule has 1 fully saturated rings. The third-order valence-corrected chi connectivity index (χ3v) is 6.66. The van der Waals surface area contributed by atoms with Crippen molar-refractivity contribution in [3.05, 3.63) is 35.4 Å². The van der Waals surface area contributed by atoms with Crippen molar-refractivity contribution in [2.75, 3.05) is 7.11 Å². The van der Waals surface area contributed by atoms with Crippen LogP contribution in [0.2, 0.25) is 0 Å². The number of nitrogens with zero attached hydrogens (tertiary/aromatic N) is 1. The number of rotatable bonds is 5. The van der Waals surface area contributed by atoms with Crippen LogP contribution >= 0.6 is 0 Å². The highest BCUT2D eigenvalue weighted by Gasteiger charge is 2.55. The normalized spacial score (nSPS) is 22.6. The van der Waals surface area contributed by atoms with Crippen molar-refractivity contribution < 1.29 is 19.1 Å². The summed E-state index contributed by atoms with van der Waals surface area (Å²) >= 11 is 0. The number of methoxy groups -OCH3 is 1. The molecule has 0 radical (unpaired) electrons. The van der Waals surface area contributed by atoms with Crippen LogP contribution in [-0.2, 0) is 14.3 Å². The molecule has 2 aliphatic rings. The Labute approximate surface area is 173 Å². The maximum Gasteiger partial charge on any atom is 0.328 e. The van der Waals surface area contributed by atoms with E-state index in [2.05, 4.69) is 19.2 Å². The second kappa shape index (κ2) is 8.56. The summed E-state index contributed by atoms with van der Waals surface area (Å²) in [4.78, 5) is 41.0. The second-order valence-corrected chi connectivity index (χ2v) is 8.37. The molecular weight excluding hydrogens is 368 g/mol. The molecule has 0 aromatic heterocycles. The van der Waals surface area contributed by atoms with Gasteiger partial charge in [-0.15, -0.1) is 0 Å². The maximum absolute atomic E-state index is 13.6. The molecule has 1 heterocycles. The largest absolute Gasteiger partial charge is 0.467 e.